The molecule has 0 radical (unpaired) electrons. The average molecular weight is 351 g/mol. The fourth-order valence-electron chi connectivity index (χ4n) is 2.75. The Morgan fingerprint density at radius 3 is 3.04 bits per heavy atom. The topological polar surface area (TPSA) is 72.7 Å². The summed E-state index contributed by atoms with van der Waals surface area (Å²) in [6.45, 7) is 10.0. The molecule has 1 aromatic rings. The molecule has 1 unspecified atom stereocenters. The highest BCUT2D eigenvalue weighted by atomic mass is 16.5. The Hall–Kier alpha value is -1.60. The monoisotopic (exact) mass is 351 g/mol. The number of imidazole rings is 1. The summed E-state index contributed by atoms with van der Waals surface area (Å²) in [6.07, 6.45) is 8.36. The van der Waals surface area contributed by atoms with Gasteiger partial charge in [-0.3, -0.25) is 4.99 Å². The first-order chi connectivity index (χ1) is 12.3. The molecule has 1 aliphatic heterocycles. The van der Waals surface area contributed by atoms with Gasteiger partial charge in [0.05, 0.1) is 12.7 Å². The molecule has 1 aromatic heterocycles. The number of guanidine groups is 1. The van der Waals surface area contributed by atoms with Crippen molar-refractivity contribution in [2.24, 2.45) is 4.99 Å². The van der Waals surface area contributed by atoms with Gasteiger partial charge in [-0.1, -0.05) is 0 Å². The molecule has 2 rings (SSSR count). The van der Waals surface area contributed by atoms with E-state index in [1.807, 2.05) is 19.3 Å². The molecule has 7 heteroatoms. The Labute approximate surface area is 151 Å². The molecule has 0 aromatic carbocycles. The van der Waals surface area contributed by atoms with Crippen LogP contribution in [0, 0.1) is 6.92 Å². The maximum absolute atomic E-state index is 5.76. The predicted octanol–water partition coefficient (Wildman–Crippen LogP) is 1.72. The second kappa shape index (κ2) is 11.9. The highest BCUT2D eigenvalue weighted by Gasteiger charge is 2.15. The molecular weight excluding hydrogens is 318 g/mol. The van der Waals surface area contributed by atoms with E-state index >= 15 is 0 Å². The fourth-order valence-corrected chi connectivity index (χ4v) is 2.75. The van der Waals surface area contributed by atoms with Gasteiger partial charge in [0.25, 0.3) is 0 Å². The SMILES string of the molecule is CCNC(=NCCCOC1CCOC1)NCCCCn1ccnc1C. The molecule has 2 heterocycles. The van der Waals surface area contributed by atoms with E-state index in [2.05, 4.69) is 32.1 Å². The van der Waals surface area contributed by atoms with Crippen molar-refractivity contribution in [1.82, 2.24) is 20.2 Å². The molecule has 1 fully saturated rings. The van der Waals surface area contributed by atoms with Gasteiger partial charge in [0.1, 0.15) is 5.82 Å². The van der Waals surface area contributed by atoms with Crippen LogP contribution in [0.3, 0.4) is 0 Å². The van der Waals surface area contributed by atoms with Crippen molar-refractivity contribution >= 4 is 5.96 Å². The molecule has 0 aliphatic carbocycles. The summed E-state index contributed by atoms with van der Waals surface area (Å²) < 4.78 is 13.3. The summed E-state index contributed by atoms with van der Waals surface area (Å²) in [5, 5.41) is 6.69. The smallest absolute Gasteiger partial charge is 0.191 e. The Balaban J connectivity index is 1.54. The first kappa shape index (κ1) is 19.7. The van der Waals surface area contributed by atoms with Crippen molar-refractivity contribution in [3.8, 4) is 0 Å². The van der Waals surface area contributed by atoms with Gasteiger partial charge in [0, 0.05) is 51.8 Å². The van der Waals surface area contributed by atoms with E-state index in [0.29, 0.717) is 0 Å². The number of aryl methyl sites for hydroxylation is 2. The van der Waals surface area contributed by atoms with Crippen molar-refractivity contribution < 1.29 is 9.47 Å². The van der Waals surface area contributed by atoms with Crippen LogP contribution < -0.4 is 10.6 Å². The Bertz CT molecular complexity index is 497. The van der Waals surface area contributed by atoms with E-state index < -0.39 is 0 Å². The Morgan fingerprint density at radius 1 is 1.40 bits per heavy atom. The van der Waals surface area contributed by atoms with Crippen LogP contribution in [0.25, 0.3) is 0 Å². The van der Waals surface area contributed by atoms with Crippen molar-refractivity contribution in [1.29, 1.82) is 0 Å². The average Bonchev–Trinajstić information content (AvgIpc) is 3.26. The Kier molecular flexibility index (Phi) is 9.36. The number of ether oxygens (including phenoxy) is 2. The summed E-state index contributed by atoms with van der Waals surface area (Å²) in [4.78, 5) is 8.85. The third kappa shape index (κ3) is 7.88. The Morgan fingerprint density at radius 2 is 2.32 bits per heavy atom. The molecule has 2 N–H and O–H groups in total. The van der Waals surface area contributed by atoms with Crippen molar-refractivity contribution in [2.45, 2.75) is 52.2 Å². The zero-order chi connectivity index (χ0) is 17.7. The van der Waals surface area contributed by atoms with Crippen LogP contribution >= 0.6 is 0 Å². The van der Waals surface area contributed by atoms with Gasteiger partial charge in [0.15, 0.2) is 5.96 Å². The van der Waals surface area contributed by atoms with Crippen molar-refractivity contribution in [3.05, 3.63) is 18.2 Å². The number of hydrogen-bond donors (Lipinski definition) is 2. The molecule has 7 nitrogen and oxygen atoms in total. The fraction of sp³-hybridized carbons (Fsp3) is 0.778. The largest absolute Gasteiger partial charge is 0.379 e. The second-order valence-electron chi connectivity index (χ2n) is 6.27. The van der Waals surface area contributed by atoms with Gasteiger partial charge in [-0.05, 0) is 39.5 Å². The van der Waals surface area contributed by atoms with Gasteiger partial charge < -0.3 is 24.7 Å². The summed E-state index contributed by atoms with van der Waals surface area (Å²) in [6, 6.07) is 0. The number of nitrogens with zero attached hydrogens (tertiary/aromatic N) is 3. The van der Waals surface area contributed by atoms with Crippen LogP contribution in [-0.4, -0.2) is 61.1 Å². The molecule has 0 spiro atoms. The number of nitrogens with one attached hydrogen (secondary N) is 2. The normalized spacial score (nSPS) is 17.8. The van der Waals surface area contributed by atoms with Crippen LogP contribution in [0.4, 0.5) is 0 Å². The lowest BCUT2D eigenvalue weighted by atomic mass is 10.3. The molecule has 1 atom stereocenters. The molecule has 0 saturated carbocycles. The summed E-state index contributed by atoms with van der Waals surface area (Å²) >= 11 is 0. The summed E-state index contributed by atoms with van der Waals surface area (Å²) in [7, 11) is 0. The predicted molar refractivity (Wildman–Crippen MR) is 100.0 cm³/mol. The van der Waals surface area contributed by atoms with Gasteiger partial charge >= 0.3 is 0 Å². The van der Waals surface area contributed by atoms with E-state index in [9.17, 15) is 0 Å². The van der Waals surface area contributed by atoms with Crippen LogP contribution in [0.5, 0.6) is 0 Å². The van der Waals surface area contributed by atoms with Crippen molar-refractivity contribution in [2.75, 3.05) is 39.5 Å². The highest BCUT2D eigenvalue weighted by molar-refractivity contribution is 5.79. The summed E-state index contributed by atoms with van der Waals surface area (Å²) in [5.41, 5.74) is 0. The van der Waals surface area contributed by atoms with E-state index in [1.165, 1.54) is 0 Å². The van der Waals surface area contributed by atoms with Gasteiger partial charge in [0.2, 0.25) is 0 Å². The number of rotatable bonds is 11. The maximum Gasteiger partial charge on any atom is 0.191 e. The minimum Gasteiger partial charge on any atom is -0.379 e. The van der Waals surface area contributed by atoms with Crippen LogP contribution in [0.2, 0.25) is 0 Å². The van der Waals surface area contributed by atoms with E-state index in [-0.39, 0.29) is 6.10 Å². The third-order valence-corrected chi connectivity index (χ3v) is 4.20. The number of aromatic nitrogens is 2. The van der Waals surface area contributed by atoms with Crippen LogP contribution in [0.15, 0.2) is 17.4 Å². The maximum atomic E-state index is 5.76. The molecule has 25 heavy (non-hydrogen) atoms. The van der Waals surface area contributed by atoms with Gasteiger partial charge in [-0.2, -0.15) is 0 Å². The number of hydrogen-bond acceptors (Lipinski definition) is 4. The van der Waals surface area contributed by atoms with E-state index in [4.69, 9.17) is 9.47 Å². The highest BCUT2D eigenvalue weighted by Crippen LogP contribution is 2.08. The van der Waals surface area contributed by atoms with E-state index in [0.717, 1.165) is 83.5 Å². The van der Waals surface area contributed by atoms with Crippen LogP contribution in [0.1, 0.15) is 38.4 Å². The molecule has 0 bridgehead atoms. The zero-order valence-electron chi connectivity index (χ0n) is 15.7. The van der Waals surface area contributed by atoms with E-state index in [1.54, 1.807) is 0 Å². The molecule has 142 valence electrons. The second-order valence-corrected chi connectivity index (χ2v) is 6.27. The standard InChI is InChI=1S/C18H33N5O2/c1-3-19-18(22-9-6-13-25-17-7-14-24-15-17)21-8-4-5-11-23-12-10-20-16(23)2/h10,12,17H,3-9,11,13-15H2,1-2H3,(H2,19,21,22). The lowest BCUT2D eigenvalue weighted by molar-refractivity contribution is 0.0424. The summed E-state index contributed by atoms with van der Waals surface area (Å²) in [5.74, 6) is 1.97. The number of aliphatic imine (C=N–C) groups is 1. The first-order valence-corrected chi connectivity index (χ1v) is 9.49. The van der Waals surface area contributed by atoms with Gasteiger partial charge in [-0.25, -0.2) is 4.98 Å². The van der Waals surface area contributed by atoms with Crippen LogP contribution in [-0.2, 0) is 16.0 Å². The molecular formula is C18H33N5O2. The molecule has 1 saturated heterocycles. The molecule has 0 amide bonds. The minimum atomic E-state index is 0.287. The van der Waals surface area contributed by atoms with Crippen molar-refractivity contribution in [3.63, 3.8) is 0 Å². The minimum absolute atomic E-state index is 0.287. The third-order valence-electron chi connectivity index (χ3n) is 4.20. The zero-order valence-corrected chi connectivity index (χ0v) is 15.7. The molecule has 1 aliphatic rings. The first-order valence-electron chi connectivity index (χ1n) is 9.49. The quantitative estimate of drug-likeness (QED) is 0.361. The lowest BCUT2D eigenvalue weighted by Crippen LogP contribution is -2.38. The van der Waals surface area contributed by atoms with Gasteiger partial charge in [-0.15, -0.1) is 0 Å². The number of unbranched alkanes of at least 4 members (excludes halogenated alkanes) is 1. The lowest BCUT2D eigenvalue weighted by Gasteiger charge is -2.12.